The third kappa shape index (κ3) is 4.14. The van der Waals surface area contributed by atoms with E-state index in [4.69, 9.17) is 11.6 Å². The van der Waals surface area contributed by atoms with Crippen LogP contribution in [-0.4, -0.2) is 16.4 Å². The normalized spacial score (nSPS) is 11.0. The second kappa shape index (κ2) is 7.74. The molecule has 136 valence electrons. The first kappa shape index (κ1) is 18.2. The average Bonchev–Trinajstić information content (AvgIpc) is 2.88. The van der Waals surface area contributed by atoms with Gasteiger partial charge in [-0.15, -0.1) is 0 Å². The molecule has 1 N–H and O–H groups in total. The lowest BCUT2D eigenvalue weighted by Crippen LogP contribution is -2.05. The molecule has 0 bridgehead atoms. The highest BCUT2D eigenvalue weighted by atomic mass is 35.5. The van der Waals surface area contributed by atoms with Gasteiger partial charge in [0.1, 0.15) is 5.75 Å². The van der Waals surface area contributed by atoms with E-state index in [2.05, 4.69) is 15.2 Å². The quantitative estimate of drug-likeness (QED) is 0.628. The van der Waals surface area contributed by atoms with E-state index in [9.17, 15) is 8.78 Å². The fourth-order valence-electron chi connectivity index (χ4n) is 2.74. The van der Waals surface area contributed by atoms with Crippen LogP contribution in [0.1, 0.15) is 17.0 Å². The van der Waals surface area contributed by atoms with Crippen LogP contribution in [0.2, 0.25) is 5.02 Å². The van der Waals surface area contributed by atoms with Gasteiger partial charge >= 0.3 is 6.61 Å². The Hall–Kier alpha value is -2.60. The predicted octanol–water partition coefficient (Wildman–Crippen LogP) is 5.36. The van der Waals surface area contributed by atoms with E-state index in [1.54, 1.807) is 18.2 Å². The summed E-state index contributed by atoms with van der Waals surface area (Å²) in [5, 5.41) is 8.49. The first-order valence-electron chi connectivity index (χ1n) is 8.04. The largest absolute Gasteiger partial charge is 0.435 e. The molecule has 0 fully saturated rings. The summed E-state index contributed by atoms with van der Waals surface area (Å²) >= 11 is 5.94. The number of hydrogen-bond donors (Lipinski definition) is 1. The fourth-order valence-corrected chi connectivity index (χ4v) is 2.86. The second-order valence-electron chi connectivity index (χ2n) is 5.80. The third-order valence-corrected chi connectivity index (χ3v) is 4.29. The molecule has 3 rings (SSSR count). The molecule has 0 aliphatic carbocycles. The van der Waals surface area contributed by atoms with Gasteiger partial charge in [0.15, 0.2) is 0 Å². The minimum absolute atomic E-state index is 0.121. The summed E-state index contributed by atoms with van der Waals surface area (Å²) in [5.41, 5.74) is 4.55. The van der Waals surface area contributed by atoms with E-state index in [0.717, 1.165) is 22.6 Å². The topological polar surface area (TPSA) is 39.1 Å². The average molecular weight is 378 g/mol. The number of nitrogens with one attached hydrogen (secondary N) is 1. The summed E-state index contributed by atoms with van der Waals surface area (Å²) in [4.78, 5) is 0. The van der Waals surface area contributed by atoms with Crippen LogP contribution in [0.5, 0.6) is 5.75 Å². The Morgan fingerprint density at radius 2 is 1.88 bits per heavy atom. The fraction of sp³-hybridized carbons (Fsp3) is 0.211. The highest BCUT2D eigenvalue weighted by Crippen LogP contribution is 2.23. The summed E-state index contributed by atoms with van der Waals surface area (Å²) in [6.07, 6.45) is 0. The van der Waals surface area contributed by atoms with Crippen molar-refractivity contribution < 1.29 is 13.5 Å². The molecule has 0 radical (unpaired) electrons. The lowest BCUT2D eigenvalue weighted by molar-refractivity contribution is -0.0498. The van der Waals surface area contributed by atoms with Gasteiger partial charge in [0.05, 0.1) is 11.4 Å². The standard InChI is InChI=1S/C19H18ClF2N3O/c1-12-18(11-23-15-4-3-5-17(10-15)26-19(21)22)13(2)25(24-12)16-8-6-14(20)7-9-16/h3-10,19,23H,11H2,1-2H3. The summed E-state index contributed by atoms with van der Waals surface area (Å²) in [5.74, 6) is 0.121. The Morgan fingerprint density at radius 3 is 2.58 bits per heavy atom. The molecule has 7 heteroatoms. The first-order valence-corrected chi connectivity index (χ1v) is 8.41. The minimum Gasteiger partial charge on any atom is -0.435 e. The summed E-state index contributed by atoms with van der Waals surface area (Å²) in [7, 11) is 0. The van der Waals surface area contributed by atoms with Crippen LogP contribution in [0.15, 0.2) is 48.5 Å². The van der Waals surface area contributed by atoms with Crippen LogP contribution in [0.4, 0.5) is 14.5 Å². The molecular weight excluding hydrogens is 360 g/mol. The molecule has 2 aromatic carbocycles. The van der Waals surface area contributed by atoms with Gasteiger partial charge in [0.25, 0.3) is 0 Å². The molecule has 1 aromatic heterocycles. The molecule has 4 nitrogen and oxygen atoms in total. The number of halogens is 3. The third-order valence-electron chi connectivity index (χ3n) is 4.04. The molecule has 0 unspecified atom stereocenters. The molecule has 1 heterocycles. The van der Waals surface area contributed by atoms with Crippen molar-refractivity contribution >= 4 is 17.3 Å². The molecule has 0 aliphatic rings. The molecule has 0 atom stereocenters. The molecule has 0 spiro atoms. The highest BCUT2D eigenvalue weighted by Gasteiger charge is 2.13. The van der Waals surface area contributed by atoms with Crippen molar-refractivity contribution in [2.45, 2.75) is 27.0 Å². The summed E-state index contributed by atoms with van der Waals surface area (Å²) in [6.45, 7) is 1.60. The number of anilines is 1. The SMILES string of the molecule is Cc1nn(-c2ccc(Cl)cc2)c(C)c1CNc1cccc(OC(F)F)c1. The smallest absolute Gasteiger partial charge is 0.387 e. The van der Waals surface area contributed by atoms with Crippen LogP contribution >= 0.6 is 11.6 Å². The number of benzene rings is 2. The maximum atomic E-state index is 12.3. The summed E-state index contributed by atoms with van der Waals surface area (Å²) < 4.78 is 31.0. The van der Waals surface area contributed by atoms with Crippen molar-refractivity contribution in [2.75, 3.05) is 5.32 Å². The zero-order chi connectivity index (χ0) is 18.7. The van der Waals surface area contributed by atoms with Crippen LogP contribution in [0.3, 0.4) is 0 Å². The summed E-state index contributed by atoms with van der Waals surface area (Å²) in [6, 6.07) is 13.9. The molecule has 3 aromatic rings. The van der Waals surface area contributed by atoms with Gasteiger partial charge < -0.3 is 10.1 Å². The maximum absolute atomic E-state index is 12.3. The predicted molar refractivity (Wildman–Crippen MR) is 98.4 cm³/mol. The van der Waals surface area contributed by atoms with E-state index in [1.165, 1.54) is 6.07 Å². The first-order chi connectivity index (χ1) is 12.4. The van der Waals surface area contributed by atoms with Crippen molar-refractivity contribution in [3.05, 3.63) is 70.5 Å². The van der Waals surface area contributed by atoms with Gasteiger partial charge in [-0.25, -0.2) is 4.68 Å². The van der Waals surface area contributed by atoms with Gasteiger partial charge in [-0.3, -0.25) is 0 Å². The zero-order valence-corrected chi connectivity index (χ0v) is 15.1. The number of hydrogen-bond acceptors (Lipinski definition) is 3. The van der Waals surface area contributed by atoms with Crippen molar-refractivity contribution in [2.24, 2.45) is 0 Å². The highest BCUT2D eigenvalue weighted by molar-refractivity contribution is 6.30. The number of nitrogens with zero attached hydrogens (tertiary/aromatic N) is 2. The Balaban J connectivity index is 1.78. The van der Waals surface area contributed by atoms with Gasteiger partial charge in [-0.2, -0.15) is 13.9 Å². The number of ether oxygens (including phenoxy) is 1. The van der Waals surface area contributed by atoms with Crippen molar-refractivity contribution in [3.8, 4) is 11.4 Å². The molecule has 0 saturated carbocycles. The minimum atomic E-state index is -2.84. The van der Waals surface area contributed by atoms with Crippen LogP contribution in [0.25, 0.3) is 5.69 Å². The number of aromatic nitrogens is 2. The van der Waals surface area contributed by atoms with Gasteiger partial charge in [-0.1, -0.05) is 17.7 Å². The Bertz CT molecular complexity index is 894. The number of aryl methyl sites for hydroxylation is 1. The van der Waals surface area contributed by atoms with Crippen LogP contribution < -0.4 is 10.1 Å². The van der Waals surface area contributed by atoms with Crippen LogP contribution in [-0.2, 0) is 6.54 Å². The molecule has 0 aliphatic heterocycles. The van der Waals surface area contributed by atoms with Crippen molar-refractivity contribution in [1.82, 2.24) is 9.78 Å². The van der Waals surface area contributed by atoms with Gasteiger partial charge in [0, 0.05) is 34.6 Å². The van der Waals surface area contributed by atoms with Crippen LogP contribution in [0, 0.1) is 13.8 Å². The second-order valence-corrected chi connectivity index (χ2v) is 6.23. The van der Waals surface area contributed by atoms with Crippen molar-refractivity contribution in [3.63, 3.8) is 0 Å². The monoisotopic (exact) mass is 377 g/mol. The Kier molecular flexibility index (Phi) is 5.42. The van der Waals surface area contributed by atoms with E-state index in [1.807, 2.05) is 42.8 Å². The molecular formula is C19H18ClF2N3O. The molecule has 0 amide bonds. The van der Waals surface area contributed by atoms with E-state index < -0.39 is 6.61 Å². The van der Waals surface area contributed by atoms with Crippen molar-refractivity contribution in [1.29, 1.82) is 0 Å². The van der Waals surface area contributed by atoms with Gasteiger partial charge in [0.2, 0.25) is 0 Å². The van der Waals surface area contributed by atoms with E-state index in [0.29, 0.717) is 17.3 Å². The lowest BCUT2D eigenvalue weighted by Gasteiger charge is -2.10. The Labute approximate surface area is 155 Å². The molecule has 0 saturated heterocycles. The lowest BCUT2D eigenvalue weighted by atomic mass is 10.2. The Morgan fingerprint density at radius 1 is 1.15 bits per heavy atom. The zero-order valence-electron chi connectivity index (χ0n) is 14.3. The maximum Gasteiger partial charge on any atom is 0.387 e. The number of rotatable bonds is 6. The van der Waals surface area contributed by atoms with Gasteiger partial charge in [-0.05, 0) is 50.2 Å². The number of alkyl halides is 2. The van der Waals surface area contributed by atoms with E-state index >= 15 is 0 Å². The molecule has 26 heavy (non-hydrogen) atoms. The van der Waals surface area contributed by atoms with E-state index in [-0.39, 0.29) is 5.75 Å².